The molecule has 2 heteroatoms. The zero-order chi connectivity index (χ0) is 9.72. The third-order valence-electron chi connectivity index (χ3n) is 2.01. The highest BCUT2D eigenvalue weighted by atomic mass is 16.3. The molecule has 0 rings (SSSR count). The van der Waals surface area contributed by atoms with Gasteiger partial charge in [0.15, 0.2) is 0 Å². The Bertz CT molecular complexity index is 143. The third-order valence-corrected chi connectivity index (χ3v) is 2.01. The lowest BCUT2D eigenvalue weighted by molar-refractivity contribution is 0.0815. The number of aliphatic hydroxyl groups is 1. The SMILES string of the molecule is C=C(C)[C@@H](CC)NC(O)C(C)C. The monoisotopic (exact) mass is 171 g/mol. The number of aliphatic hydroxyl groups excluding tert-OH is 1. The molecule has 0 aliphatic heterocycles. The Morgan fingerprint density at radius 2 is 2.00 bits per heavy atom. The minimum absolute atomic E-state index is 0.238. The highest BCUT2D eigenvalue weighted by molar-refractivity contribution is 5.01. The van der Waals surface area contributed by atoms with Crippen LogP contribution in [0.25, 0.3) is 0 Å². The largest absolute Gasteiger partial charge is 0.378 e. The minimum Gasteiger partial charge on any atom is -0.378 e. The van der Waals surface area contributed by atoms with Gasteiger partial charge in [-0.1, -0.05) is 32.9 Å². The summed E-state index contributed by atoms with van der Waals surface area (Å²) >= 11 is 0. The lowest BCUT2D eigenvalue weighted by Crippen LogP contribution is -2.41. The van der Waals surface area contributed by atoms with Crippen LogP contribution in [0, 0.1) is 5.92 Å². The summed E-state index contributed by atoms with van der Waals surface area (Å²) in [6.07, 6.45) is 0.547. The number of rotatable bonds is 5. The second-order valence-corrected chi connectivity index (χ2v) is 3.66. The zero-order valence-corrected chi connectivity index (χ0v) is 8.59. The molecule has 0 aliphatic rings. The molecule has 0 aliphatic carbocycles. The van der Waals surface area contributed by atoms with Crippen molar-refractivity contribution in [3.63, 3.8) is 0 Å². The van der Waals surface area contributed by atoms with Crippen molar-refractivity contribution < 1.29 is 5.11 Å². The Balaban J connectivity index is 3.94. The van der Waals surface area contributed by atoms with Crippen LogP contribution in [0.5, 0.6) is 0 Å². The quantitative estimate of drug-likeness (QED) is 0.489. The van der Waals surface area contributed by atoms with Crippen LogP contribution in [0.1, 0.15) is 34.1 Å². The molecule has 0 saturated carbocycles. The summed E-state index contributed by atoms with van der Waals surface area (Å²) in [5.41, 5.74) is 1.08. The van der Waals surface area contributed by atoms with Gasteiger partial charge in [0, 0.05) is 6.04 Å². The topological polar surface area (TPSA) is 32.3 Å². The number of hydrogen-bond donors (Lipinski definition) is 2. The fraction of sp³-hybridized carbons (Fsp3) is 0.800. The van der Waals surface area contributed by atoms with E-state index in [-0.39, 0.29) is 12.0 Å². The molecule has 0 amide bonds. The summed E-state index contributed by atoms with van der Waals surface area (Å²) in [4.78, 5) is 0. The molecule has 0 bridgehead atoms. The molecule has 2 nitrogen and oxygen atoms in total. The van der Waals surface area contributed by atoms with E-state index in [0.717, 1.165) is 12.0 Å². The molecule has 0 fully saturated rings. The highest BCUT2D eigenvalue weighted by Crippen LogP contribution is 2.06. The first kappa shape index (κ1) is 11.7. The van der Waals surface area contributed by atoms with Crippen LogP contribution in [0.3, 0.4) is 0 Å². The summed E-state index contributed by atoms with van der Waals surface area (Å²) in [5.74, 6) is 0.249. The Labute approximate surface area is 75.7 Å². The average molecular weight is 171 g/mol. The van der Waals surface area contributed by atoms with Crippen molar-refractivity contribution in [1.82, 2.24) is 5.32 Å². The van der Waals surface area contributed by atoms with Crippen LogP contribution >= 0.6 is 0 Å². The lowest BCUT2D eigenvalue weighted by atomic mass is 10.1. The van der Waals surface area contributed by atoms with E-state index in [2.05, 4.69) is 18.8 Å². The van der Waals surface area contributed by atoms with Gasteiger partial charge in [0.25, 0.3) is 0 Å². The number of hydrogen-bond acceptors (Lipinski definition) is 2. The molecular weight excluding hydrogens is 150 g/mol. The Morgan fingerprint density at radius 3 is 2.25 bits per heavy atom. The molecular formula is C10H21NO. The second-order valence-electron chi connectivity index (χ2n) is 3.66. The van der Waals surface area contributed by atoms with Gasteiger partial charge in [-0.2, -0.15) is 0 Å². The molecule has 0 heterocycles. The fourth-order valence-electron chi connectivity index (χ4n) is 1.01. The summed E-state index contributed by atoms with van der Waals surface area (Å²) in [7, 11) is 0. The van der Waals surface area contributed by atoms with E-state index in [1.165, 1.54) is 0 Å². The molecule has 2 atom stereocenters. The predicted molar refractivity (Wildman–Crippen MR) is 52.9 cm³/mol. The van der Waals surface area contributed by atoms with Crippen LogP contribution in [-0.4, -0.2) is 17.4 Å². The van der Waals surface area contributed by atoms with Gasteiger partial charge in [-0.3, -0.25) is 5.32 Å². The molecule has 0 saturated heterocycles. The van der Waals surface area contributed by atoms with Crippen LogP contribution in [0.4, 0.5) is 0 Å². The first-order chi connectivity index (χ1) is 5.49. The molecule has 1 unspecified atom stereocenters. The van der Waals surface area contributed by atoms with Gasteiger partial charge in [0.2, 0.25) is 0 Å². The predicted octanol–water partition coefficient (Wildman–Crippen LogP) is 1.91. The van der Waals surface area contributed by atoms with Gasteiger partial charge < -0.3 is 5.11 Å². The summed E-state index contributed by atoms with van der Waals surface area (Å²) in [5, 5.41) is 12.6. The van der Waals surface area contributed by atoms with Crippen molar-refractivity contribution in [2.24, 2.45) is 5.92 Å². The van der Waals surface area contributed by atoms with Crippen molar-refractivity contribution in [2.75, 3.05) is 0 Å². The normalized spacial score (nSPS) is 16.2. The van der Waals surface area contributed by atoms with Gasteiger partial charge in [0.1, 0.15) is 6.23 Å². The van der Waals surface area contributed by atoms with Crippen LogP contribution in [0.2, 0.25) is 0 Å². The lowest BCUT2D eigenvalue weighted by Gasteiger charge is -2.23. The standard InChI is InChI=1S/C10H21NO/c1-6-9(7(2)3)11-10(12)8(4)5/h8-12H,2,6H2,1,3-5H3/t9-,10?/m1/s1. The minimum atomic E-state index is -0.424. The summed E-state index contributed by atoms with van der Waals surface area (Å²) in [6.45, 7) is 11.9. The van der Waals surface area contributed by atoms with Gasteiger partial charge in [-0.05, 0) is 19.3 Å². The fourth-order valence-corrected chi connectivity index (χ4v) is 1.01. The maximum atomic E-state index is 9.52. The van der Waals surface area contributed by atoms with Gasteiger partial charge in [-0.15, -0.1) is 0 Å². The second kappa shape index (κ2) is 5.33. The molecule has 2 N–H and O–H groups in total. The Morgan fingerprint density at radius 1 is 1.50 bits per heavy atom. The molecule has 0 aromatic heterocycles. The van der Waals surface area contributed by atoms with Crippen molar-refractivity contribution in [2.45, 2.75) is 46.4 Å². The Hall–Kier alpha value is -0.340. The van der Waals surface area contributed by atoms with E-state index in [1.807, 2.05) is 20.8 Å². The maximum absolute atomic E-state index is 9.52. The molecule has 0 aromatic carbocycles. The molecule has 0 spiro atoms. The smallest absolute Gasteiger partial charge is 0.107 e. The molecule has 12 heavy (non-hydrogen) atoms. The van der Waals surface area contributed by atoms with Crippen molar-refractivity contribution in [1.29, 1.82) is 0 Å². The van der Waals surface area contributed by atoms with Crippen LogP contribution in [-0.2, 0) is 0 Å². The van der Waals surface area contributed by atoms with Crippen LogP contribution < -0.4 is 5.32 Å². The van der Waals surface area contributed by atoms with E-state index in [9.17, 15) is 5.11 Å². The van der Waals surface area contributed by atoms with E-state index < -0.39 is 6.23 Å². The van der Waals surface area contributed by atoms with Crippen molar-refractivity contribution in [3.05, 3.63) is 12.2 Å². The molecule has 0 aromatic rings. The first-order valence-electron chi connectivity index (χ1n) is 4.58. The summed E-state index contributed by atoms with van der Waals surface area (Å²) < 4.78 is 0. The molecule has 72 valence electrons. The van der Waals surface area contributed by atoms with Crippen molar-refractivity contribution in [3.8, 4) is 0 Å². The average Bonchev–Trinajstić information content (AvgIpc) is 1.98. The Kier molecular flexibility index (Phi) is 5.18. The third kappa shape index (κ3) is 3.88. The van der Waals surface area contributed by atoms with Gasteiger partial charge >= 0.3 is 0 Å². The van der Waals surface area contributed by atoms with E-state index in [0.29, 0.717) is 0 Å². The van der Waals surface area contributed by atoms with Gasteiger partial charge in [0.05, 0.1) is 0 Å². The van der Waals surface area contributed by atoms with Crippen LogP contribution in [0.15, 0.2) is 12.2 Å². The maximum Gasteiger partial charge on any atom is 0.107 e. The number of nitrogens with one attached hydrogen (secondary N) is 1. The summed E-state index contributed by atoms with van der Waals surface area (Å²) in [6, 6.07) is 0.238. The molecule has 0 radical (unpaired) electrons. The van der Waals surface area contributed by atoms with E-state index in [1.54, 1.807) is 0 Å². The van der Waals surface area contributed by atoms with E-state index in [4.69, 9.17) is 0 Å². The van der Waals surface area contributed by atoms with E-state index >= 15 is 0 Å². The van der Waals surface area contributed by atoms with Gasteiger partial charge in [-0.25, -0.2) is 0 Å². The van der Waals surface area contributed by atoms with Crippen molar-refractivity contribution >= 4 is 0 Å². The zero-order valence-electron chi connectivity index (χ0n) is 8.59. The highest BCUT2D eigenvalue weighted by Gasteiger charge is 2.14. The first-order valence-corrected chi connectivity index (χ1v) is 4.58.